The molecule has 7 nitrogen and oxygen atoms in total. The molecule has 1 heterocycles. The topological polar surface area (TPSA) is 117 Å². The molecule has 0 atom stereocenters. The average molecular weight is 308 g/mol. The van der Waals surface area contributed by atoms with E-state index in [0.717, 1.165) is 5.56 Å². The highest BCUT2D eigenvalue weighted by atomic mass is 32.2. The van der Waals surface area contributed by atoms with Crippen LogP contribution < -0.4 is 16.0 Å². The normalized spacial score (nSPS) is 11.3. The van der Waals surface area contributed by atoms with Gasteiger partial charge in [-0.15, -0.1) is 0 Å². The van der Waals surface area contributed by atoms with Crippen molar-refractivity contribution in [3.63, 3.8) is 0 Å². The maximum absolute atomic E-state index is 12.2. The second-order valence-corrected chi connectivity index (χ2v) is 6.04. The number of benzene rings is 1. The first-order valence-electron chi connectivity index (χ1n) is 6.22. The van der Waals surface area contributed by atoms with E-state index in [1.165, 1.54) is 18.3 Å². The van der Waals surface area contributed by atoms with Gasteiger partial charge in [0.1, 0.15) is 10.6 Å². The highest BCUT2D eigenvalue weighted by molar-refractivity contribution is 7.89. The molecule has 1 aromatic carbocycles. The molecule has 5 N–H and O–H groups in total. The molecular formula is C13H16N4O3S. The average Bonchev–Trinajstić information content (AvgIpc) is 2.49. The fourth-order valence-corrected chi connectivity index (χ4v) is 2.94. The molecule has 112 valence electrons. The van der Waals surface area contributed by atoms with Crippen molar-refractivity contribution < 1.29 is 13.5 Å². The van der Waals surface area contributed by atoms with Gasteiger partial charge in [0.15, 0.2) is 5.82 Å². The third-order valence-electron chi connectivity index (χ3n) is 2.84. The molecule has 1 aromatic heterocycles. The molecular weight excluding hydrogens is 292 g/mol. The van der Waals surface area contributed by atoms with E-state index in [4.69, 9.17) is 5.84 Å². The summed E-state index contributed by atoms with van der Waals surface area (Å²) in [5.74, 6) is 5.52. The Labute approximate surface area is 122 Å². The first kappa shape index (κ1) is 15.2. The molecule has 0 bridgehead atoms. The fourth-order valence-electron chi connectivity index (χ4n) is 1.79. The first-order chi connectivity index (χ1) is 10.0. The monoisotopic (exact) mass is 308 g/mol. The molecule has 0 saturated heterocycles. The van der Waals surface area contributed by atoms with Gasteiger partial charge in [-0.25, -0.2) is 24.0 Å². The summed E-state index contributed by atoms with van der Waals surface area (Å²) >= 11 is 0. The summed E-state index contributed by atoms with van der Waals surface area (Å²) in [5, 5.41) is 9.18. The van der Waals surface area contributed by atoms with Gasteiger partial charge < -0.3 is 10.5 Å². The second-order valence-electron chi connectivity index (χ2n) is 4.31. The van der Waals surface area contributed by atoms with E-state index in [-0.39, 0.29) is 23.0 Å². The molecule has 2 rings (SSSR count). The molecule has 21 heavy (non-hydrogen) atoms. The number of pyridine rings is 1. The van der Waals surface area contributed by atoms with Gasteiger partial charge in [-0.3, -0.25) is 0 Å². The molecule has 0 radical (unpaired) electrons. The number of hydrazine groups is 1. The Hall–Kier alpha value is -2.16. The summed E-state index contributed by atoms with van der Waals surface area (Å²) in [6, 6.07) is 9.53. The first-order valence-corrected chi connectivity index (χ1v) is 7.70. The van der Waals surface area contributed by atoms with E-state index in [9.17, 15) is 13.5 Å². The van der Waals surface area contributed by atoms with E-state index in [1.807, 2.05) is 0 Å². The number of aromatic nitrogens is 1. The summed E-state index contributed by atoms with van der Waals surface area (Å²) in [4.78, 5) is 3.85. The van der Waals surface area contributed by atoms with Gasteiger partial charge in [-0.05, 0) is 36.2 Å². The maximum Gasteiger partial charge on any atom is 0.244 e. The second kappa shape index (κ2) is 6.53. The van der Waals surface area contributed by atoms with Gasteiger partial charge in [-0.1, -0.05) is 12.1 Å². The van der Waals surface area contributed by atoms with Crippen LogP contribution in [0.15, 0.2) is 47.5 Å². The number of anilines is 1. The summed E-state index contributed by atoms with van der Waals surface area (Å²) in [5.41, 5.74) is 3.17. The maximum atomic E-state index is 12.2. The van der Waals surface area contributed by atoms with Crippen LogP contribution in [0.2, 0.25) is 0 Å². The molecule has 2 aromatic rings. The van der Waals surface area contributed by atoms with E-state index < -0.39 is 10.0 Å². The van der Waals surface area contributed by atoms with Crippen molar-refractivity contribution in [2.75, 3.05) is 12.0 Å². The van der Waals surface area contributed by atoms with Gasteiger partial charge in [0.05, 0.1) is 0 Å². The van der Waals surface area contributed by atoms with Crippen LogP contribution in [0.1, 0.15) is 5.56 Å². The van der Waals surface area contributed by atoms with Crippen LogP contribution in [0, 0.1) is 0 Å². The van der Waals surface area contributed by atoms with Gasteiger partial charge in [-0.2, -0.15) is 0 Å². The fraction of sp³-hybridized carbons (Fsp3) is 0.154. The van der Waals surface area contributed by atoms with Crippen molar-refractivity contribution in [2.24, 2.45) is 5.84 Å². The minimum Gasteiger partial charge on any atom is -0.508 e. The number of phenolic OH excluding ortho intramolecular Hbond substituents is 1. The zero-order valence-corrected chi connectivity index (χ0v) is 12.0. The summed E-state index contributed by atoms with van der Waals surface area (Å²) in [6.45, 7) is 0.228. The predicted molar refractivity (Wildman–Crippen MR) is 79.0 cm³/mol. The largest absolute Gasteiger partial charge is 0.508 e. The number of nitrogens with zero attached hydrogens (tertiary/aromatic N) is 1. The van der Waals surface area contributed by atoms with E-state index in [0.29, 0.717) is 6.42 Å². The van der Waals surface area contributed by atoms with Crippen molar-refractivity contribution in [3.8, 4) is 5.75 Å². The van der Waals surface area contributed by atoms with Gasteiger partial charge in [0.25, 0.3) is 0 Å². The Balaban J connectivity index is 2.03. The molecule has 0 aliphatic rings. The lowest BCUT2D eigenvalue weighted by molar-refractivity contribution is 0.475. The lowest BCUT2D eigenvalue weighted by Gasteiger charge is -2.10. The smallest absolute Gasteiger partial charge is 0.244 e. The molecule has 0 aliphatic heterocycles. The Kier molecular flexibility index (Phi) is 4.73. The minimum atomic E-state index is -3.69. The van der Waals surface area contributed by atoms with E-state index >= 15 is 0 Å². The molecule has 0 fully saturated rings. The van der Waals surface area contributed by atoms with Crippen molar-refractivity contribution in [1.29, 1.82) is 0 Å². The predicted octanol–water partition coefficient (Wildman–Crippen LogP) is 0.594. The lowest BCUT2D eigenvalue weighted by Crippen LogP contribution is -2.27. The standard InChI is InChI=1S/C13H16N4O3S/c14-17-13-12(2-1-8-15-13)21(19,20)16-9-7-10-3-5-11(18)6-4-10/h1-6,8,16,18H,7,9,14H2,(H,15,17). The van der Waals surface area contributed by atoms with Crippen molar-refractivity contribution in [1.82, 2.24) is 9.71 Å². The Bertz CT molecular complexity index is 702. The molecule has 0 unspecified atom stereocenters. The Morgan fingerprint density at radius 3 is 2.57 bits per heavy atom. The Morgan fingerprint density at radius 1 is 1.19 bits per heavy atom. The SMILES string of the molecule is NNc1ncccc1S(=O)(=O)NCCc1ccc(O)cc1. The van der Waals surface area contributed by atoms with Crippen molar-refractivity contribution >= 4 is 15.8 Å². The van der Waals surface area contributed by atoms with Crippen LogP contribution in [0.5, 0.6) is 5.75 Å². The third-order valence-corrected chi connectivity index (χ3v) is 4.33. The third kappa shape index (κ3) is 3.91. The number of aromatic hydroxyl groups is 1. The molecule has 0 aliphatic carbocycles. The van der Waals surface area contributed by atoms with Crippen LogP contribution in [0.4, 0.5) is 5.82 Å². The van der Waals surface area contributed by atoms with Gasteiger partial charge in [0.2, 0.25) is 10.0 Å². The number of sulfonamides is 1. The van der Waals surface area contributed by atoms with Gasteiger partial charge >= 0.3 is 0 Å². The molecule has 0 saturated carbocycles. The van der Waals surface area contributed by atoms with Crippen LogP contribution in [0.3, 0.4) is 0 Å². The number of hydrogen-bond donors (Lipinski definition) is 4. The molecule has 0 spiro atoms. The number of nitrogens with one attached hydrogen (secondary N) is 2. The molecule has 0 amide bonds. The minimum absolute atomic E-state index is 0.00166. The number of nitrogen functional groups attached to an aromatic ring is 1. The number of rotatable bonds is 6. The number of hydrogen-bond acceptors (Lipinski definition) is 6. The highest BCUT2D eigenvalue weighted by Crippen LogP contribution is 2.16. The number of nitrogens with two attached hydrogens (primary N) is 1. The quantitative estimate of drug-likeness (QED) is 0.458. The van der Waals surface area contributed by atoms with Crippen molar-refractivity contribution in [3.05, 3.63) is 48.2 Å². The van der Waals surface area contributed by atoms with Crippen LogP contribution in [-0.2, 0) is 16.4 Å². The summed E-state index contributed by atoms with van der Waals surface area (Å²) in [6.07, 6.45) is 1.95. The lowest BCUT2D eigenvalue weighted by atomic mass is 10.1. The molecule has 8 heteroatoms. The zero-order chi connectivity index (χ0) is 15.3. The highest BCUT2D eigenvalue weighted by Gasteiger charge is 2.18. The Morgan fingerprint density at radius 2 is 1.90 bits per heavy atom. The summed E-state index contributed by atoms with van der Waals surface area (Å²) < 4.78 is 26.8. The van der Waals surface area contributed by atoms with E-state index in [1.54, 1.807) is 24.3 Å². The van der Waals surface area contributed by atoms with E-state index in [2.05, 4.69) is 15.1 Å². The van der Waals surface area contributed by atoms with Crippen LogP contribution in [0.25, 0.3) is 0 Å². The van der Waals surface area contributed by atoms with Crippen LogP contribution in [-0.4, -0.2) is 25.1 Å². The summed E-state index contributed by atoms with van der Waals surface area (Å²) in [7, 11) is -3.69. The van der Waals surface area contributed by atoms with Crippen molar-refractivity contribution in [2.45, 2.75) is 11.3 Å². The van der Waals surface area contributed by atoms with Crippen LogP contribution >= 0.6 is 0 Å². The zero-order valence-electron chi connectivity index (χ0n) is 11.2. The van der Waals surface area contributed by atoms with Gasteiger partial charge in [0, 0.05) is 12.7 Å². The number of phenols is 1.